The highest BCUT2D eigenvalue weighted by Gasteiger charge is 2.11. The van der Waals surface area contributed by atoms with Crippen molar-refractivity contribution in [3.05, 3.63) is 59.7 Å². The molecule has 2 aromatic carbocycles. The van der Waals surface area contributed by atoms with E-state index < -0.39 is 17.5 Å². The zero-order chi connectivity index (χ0) is 13.1. The van der Waals surface area contributed by atoms with Crippen molar-refractivity contribution in [2.45, 2.75) is 0 Å². The molecule has 0 atom stereocenters. The number of amides is 1. The molecule has 0 bridgehead atoms. The van der Waals surface area contributed by atoms with Crippen LogP contribution in [0.15, 0.2) is 42.5 Å². The lowest BCUT2D eigenvalue weighted by molar-refractivity contribution is 0.102. The second kappa shape index (κ2) is 4.83. The molecule has 2 aromatic rings. The highest BCUT2D eigenvalue weighted by molar-refractivity contribution is 6.04. The average molecular weight is 248 g/mol. The van der Waals surface area contributed by atoms with Gasteiger partial charge in [-0.15, -0.1) is 0 Å². The van der Waals surface area contributed by atoms with Crippen LogP contribution in [0, 0.1) is 11.6 Å². The number of halogens is 2. The molecule has 3 N–H and O–H groups in total. The Balaban J connectivity index is 2.22. The van der Waals surface area contributed by atoms with E-state index in [0.717, 1.165) is 6.07 Å². The number of carbonyl (C=O) groups is 1. The monoisotopic (exact) mass is 248 g/mol. The van der Waals surface area contributed by atoms with Gasteiger partial charge in [0.15, 0.2) is 0 Å². The predicted molar refractivity (Wildman–Crippen MR) is 65.2 cm³/mol. The summed E-state index contributed by atoms with van der Waals surface area (Å²) in [6.45, 7) is 0. The van der Waals surface area contributed by atoms with Crippen LogP contribution in [0.4, 0.5) is 20.2 Å². The van der Waals surface area contributed by atoms with Crippen molar-refractivity contribution in [2.24, 2.45) is 0 Å². The Labute approximate surface area is 102 Å². The smallest absolute Gasteiger partial charge is 0.258 e. The van der Waals surface area contributed by atoms with Crippen molar-refractivity contribution in [3.8, 4) is 0 Å². The molecule has 5 heteroatoms. The first kappa shape index (κ1) is 12.0. The van der Waals surface area contributed by atoms with Gasteiger partial charge in [0.25, 0.3) is 5.91 Å². The van der Waals surface area contributed by atoms with Crippen LogP contribution in [0.2, 0.25) is 0 Å². The van der Waals surface area contributed by atoms with Crippen molar-refractivity contribution in [1.29, 1.82) is 0 Å². The van der Waals surface area contributed by atoms with Gasteiger partial charge >= 0.3 is 0 Å². The summed E-state index contributed by atoms with van der Waals surface area (Å²) in [4.78, 5) is 11.7. The molecular formula is C13H10F2N2O. The fourth-order valence-electron chi connectivity index (χ4n) is 1.45. The number of hydrogen-bond acceptors (Lipinski definition) is 2. The van der Waals surface area contributed by atoms with Crippen LogP contribution in [0.5, 0.6) is 0 Å². The van der Waals surface area contributed by atoms with Crippen LogP contribution in [0.3, 0.4) is 0 Å². The number of rotatable bonds is 2. The fraction of sp³-hybridized carbons (Fsp3) is 0. The summed E-state index contributed by atoms with van der Waals surface area (Å²) in [5.41, 5.74) is 5.41. The van der Waals surface area contributed by atoms with E-state index in [2.05, 4.69) is 5.32 Å². The van der Waals surface area contributed by atoms with Gasteiger partial charge in [-0.25, -0.2) is 8.78 Å². The summed E-state index contributed by atoms with van der Waals surface area (Å²) >= 11 is 0. The Morgan fingerprint density at radius 1 is 1.06 bits per heavy atom. The zero-order valence-corrected chi connectivity index (χ0v) is 9.28. The average Bonchev–Trinajstić information content (AvgIpc) is 2.34. The van der Waals surface area contributed by atoms with Crippen LogP contribution in [0.25, 0.3) is 0 Å². The molecule has 0 aliphatic rings. The maximum atomic E-state index is 13.3. The van der Waals surface area contributed by atoms with Crippen molar-refractivity contribution >= 4 is 17.3 Å². The highest BCUT2D eigenvalue weighted by Crippen LogP contribution is 2.17. The van der Waals surface area contributed by atoms with Gasteiger partial charge in [0.1, 0.15) is 11.6 Å². The second-order valence-corrected chi connectivity index (χ2v) is 3.67. The molecule has 0 radical (unpaired) electrons. The third-order valence-corrected chi connectivity index (χ3v) is 2.38. The molecule has 0 aromatic heterocycles. The van der Waals surface area contributed by atoms with Crippen molar-refractivity contribution in [1.82, 2.24) is 0 Å². The van der Waals surface area contributed by atoms with E-state index in [9.17, 15) is 13.6 Å². The van der Waals surface area contributed by atoms with E-state index in [4.69, 9.17) is 5.73 Å². The van der Waals surface area contributed by atoms with E-state index in [0.29, 0.717) is 0 Å². The molecule has 0 saturated heterocycles. The van der Waals surface area contributed by atoms with Crippen molar-refractivity contribution in [2.75, 3.05) is 11.1 Å². The molecule has 3 nitrogen and oxygen atoms in total. The number of hydrogen-bond donors (Lipinski definition) is 2. The first-order chi connectivity index (χ1) is 8.58. The van der Waals surface area contributed by atoms with E-state index >= 15 is 0 Å². The molecule has 0 unspecified atom stereocenters. The molecule has 2 rings (SSSR count). The molecule has 0 heterocycles. The normalized spacial score (nSPS) is 10.1. The molecule has 0 spiro atoms. The van der Waals surface area contributed by atoms with Gasteiger partial charge in [-0.05, 0) is 30.3 Å². The van der Waals surface area contributed by atoms with E-state index in [1.54, 1.807) is 6.07 Å². The summed E-state index contributed by atoms with van der Waals surface area (Å²) in [7, 11) is 0. The lowest BCUT2D eigenvalue weighted by Gasteiger charge is -2.06. The Bertz CT molecular complexity index is 599. The van der Waals surface area contributed by atoms with Crippen LogP contribution in [0.1, 0.15) is 10.4 Å². The molecule has 1 amide bonds. The number of anilines is 2. The van der Waals surface area contributed by atoms with Gasteiger partial charge < -0.3 is 11.1 Å². The van der Waals surface area contributed by atoms with Crippen molar-refractivity contribution in [3.63, 3.8) is 0 Å². The molecule has 0 saturated carbocycles. The second-order valence-electron chi connectivity index (χ2n) is 3.67. The predicted octanol–water partition coefficient (Wildman–Crippen LogP) is 2.80. The fourth-order valence-corrected chi connectivity index (χ4v) is 1.45. The molecule has 0 fully saturated rings. The number of nitrogens with two attached hydrogens (primary N) is 1. The van der Waals surface area contributed by atoms with Gasteiger partial charge in [0, 0.05) is 5.69 Å². The minimum atomic E-state index is -0.641. The largest absolute Gasteiger partial charge is 0.396 e. The molecule has 92 valence electrons. The first-order valence-electron chi connectivity index (χ1n) is 5.19. The number of benzene rings is 2. The minimum absolute atomic E-state index is 0.0149. The van der Waals surface area contributed by atoms with Gasteiger partial charge in [0.2, 0.25) is 0 Å². The van der Waals surface area contributed by atoms with Gasteiger partial charge in [-0.2, -0.15) is 0 Å². The maximum absolute atomic E-state index is 13.3. The van der Waals surface area contributed by atoms with Crippen LogP contribution in [-0.4, -0.2) is 5.91 Å². The van der Waals surface area contributed by atoms with Gasteiger partial charge in [-0.3, -0.25) is 4.79 Å². The lowest BCUT2D eigenvalue weighted by atomic mass is 10.2. The standard InChI is InChI=1S/C13H10F2N2O/c14-10-4-2-1-3-9(10)13(18)17-8-5-6-12(16)11(15)7-8/h1-7H,16H2,(H,17,18). The van der Waals surface area contributed by atoms with E-state index in [-0.39, 0.29) is 16.9 Å². The summed E-state index contributed by atoms with van der Waals surface area (Å²) < 4.78 is 26.5. The molecule has 0 aliphatic heterocycles. The molecule has 18 heavy (non-hydrogen) atoms. The quantitative estimate of drug-likeness (QED) is 0.803. The summed E-state index contributed by atoms with van der Waals surface area (Å²) in [6.07, 6.45) is 0. The van der Waals surface area contributed by atoms with Crippen LogP contribution >= 0.6 is 0 Å². The van der Waals surface area contributed by atoms with Crippen molar-refractivity contribution < 1.29 is 13.6 Å². The topological polar surface area (TPSA) is 55.1 Å². The number of carbonyl (C=O) groups excluding carboxylic acids is 1. The Kier molecular flexibility index (Phi) is 3.23. The highest BCUT2D eigenvalue weighted by atomic mass is 19.1. The maximum Gasteiger partial charge on any atom is 0.258 e. The van der Waals surface area contributed by atoms with Gasteiger partial charge in [-0.1, -0.05) is 12.1 Å². The SMILES string of the molecule is Nc1ccc(NC(=O)c2ccccc2F)cc1F. The summed E-state index contributed by atoms with van der Waals surface area (Å²) in [6, 6.07) is 9.39. The van der Waals surface area contributed by atoms with Crippen LogP contribution < -0.4 is 11.1 Å². The summed E-state index contributed by atoms with van der Waals surface area (Å²) in [5, 5.41) is 2.39. The lowest BCUT2D eigenvalue weighted by Crippen LogP contribution is -2.13. The first-order valence-corrected chi connectivity index (χ1v) is 5.19. The molecule has 0 aliphatic carbocycles. The Morgan fingerprint density at radius 2 is 1.78 bits per heavy atom. The third-order valence-electron chi connectivity index (χ3n) is 2.38. The zero-order valence-electron chi connectivity index (χ0n) is 9.28. The number of nitrogen functional groups attached to an aromatic ring is 1. The number of nitrogens with one attached hydrogen (secondary N) is 1. The van der Waals surface area contributed by atoms with Gasteiger partial charge in [0.05, 0.1) is 11.3 Å². The third kappa shape index (κ3) is 2.45. The molecular weight excluding hydrogens is 238 g/mol. The van der Waals surface area contributed by atoms with Crippen LogP contribution in [-0.2, 0) is 0 Å². The van der Waals surface area contributed by atoms with E-state index in [1.165, 1.54) is 30.3 Å². The summed E-state index contributed by atoms with van der Waals surface area (Å²) in [5.74, 6) is -1.91. The minimum Gasteiger partial charge on any atom is -0.396 e. The van der Waals surface area contributed by atoms with E-state index in [1.807, 2.05) is 0 Å². The Morgan fingerprint density at radius 3 is 2.44 bits per heavy atom. The Hall–Kier alpha value is -2.43.